The molecule has 0 heterocycles. The third-order valence-corrected chi connectivity index (χ3v) is 3.18. The summed E-state index contributed by atoms with van der Waals surface area (Å²) in [5, 5.41) is 3.19. The molecule has 0 spiro atoms. The van der Waals surface area contributed by atoms with E-state index in [1.165, 1.54) is 0 Å². The van der Waals surface area contributed by atoms with Crippen LogP contribution in [0.4, 0.5) is 0 Å². The summed E-state index contributed by atoms with van der Waals surface area (Å²) in [6, 6.07) is 7.41. The highest BCUT2D eigenvalue weighted by molar-refractivity contribution is 5.96. The van der Waals surface area contributed by atoms with Crippen molar-refractivity contribution >= 4 is 11.6 Å². The molecule has 0 aliphatic carbocycles. The molecule has 1 aromatic rings. The number of Topliss-reactive ketones (excluding diaryl/α,β-unsaturated/α-hetero) is 2. The van der Waals surface area contributed by atoms with Gasteiger partial charge in [-0.3, -0.25) is 9.59 Å². The molecule has 0 amide bonds. The summed E-state index contributed by atoms with van der Waals surface area (Å²) in [6.45, 7) is 12.6. The van der Waals surface area contributed by atoms with E-state index in [0.29, 0.717) is 19.4 Å². The largest absolute Gasteiger partial charge is 0.305 e. The zero-order valence-electron chi connectivity index (χ0n) is 14.7. The van der Waals surface area contributed by atoms with Crippen LogP contribution < -0.4 is 5.32 Å². The maximum Gasteiger partial charge on any atom is 0.163 e. The molecule has 0 bridgehead atoms. The molecule has 0 radical (unpaired) electrons. The van der Waals surface area contributed by atoms with Crippen molar-refractivity contribution in [2.24, 2.45) is 5.41 Å². The third-order valence-electron chi connectivity index (χ3n) is 3.18. The van der Waals surface area contributed by atoms with Crippen LogP contribution in [0, 0.1) is 5.41 Å². The average Bonchev–Trinajstić information content (AvgIpc) is 2.34. The first-order valence-electron chi connectivity index (χ1n) is 7.85. The van der Waals surface area contributed by atoms with Gasteiger partial charge in [-0.2, -0.15) is 0 Å². The fourth-order valence-corrected chi connectivity index (χ4v) is 2.05. The van der Waals surface area contributed by atoms with E-state index in [4.69, 9.17) is 0 Å². The van der Waals surface area contributed by atoms with Crippen molar-refractivity contribution in [1.29, 1.82) is 0 Å². The minimum atomic E-state index is -0.0567. The highest BCUT2D eigenvalue weighted by Gasteiger charge is 2.17. The summed E-state index contributed by atoms with van der Waals surface area (Å²) in [5.41, 5.74) is 1.61. The van der Waals surface area contributed by atoms with Crippen LogP contribution in [0.3, 0.4) is 0 Å². The SMILES string of the molecule is CC(C)(C)CC(=O)c1ccc(CC(=O)CNC(C)(C)C)cc1. The van der Waals surface area contributed by atoms with Gasteiger partial charge in [-0.05, 0) is 31.7 Å². The lowest BCUT2D eigenvalue weighted by Crippen LogP contribution is -2.39. The molecule has 1 N–H and O–H groups in total. The van der Waals surface area contributed by atoms with Gasteiger partial charge < -0.3 is 5.32 Å². The Kier molecular flexibility index (Phi) is 6.07. The fourth-order valence-electron chi connectivity index (χ4n) is 2.05. The van der Waals surface area contributed by atoms with Gasteiger partial charge in [0.2, 0.25) is 0 Å². The van der Waals surface area contributed by atoms with Crippen molar-refractivity contribution in [1.82, 2.24) is 5.32 Å². The van der Waals surface area contributed by atoms with Gasteiger partial charge in [-0.25, -0.2) is 0 Å². The molecule has 0 aliphatic rings. The molecule has 22 heavy (non-hydrogen) atoms. The molecule has 1 rings (SSSR count). The number of hydrogen-bond donors (Lipinski definition) is 1. The van der Waals surface area contributed by atoms with E-state index < -0.39 is 0 Å². The zero-order chi connectivity index (χ0) is 17.0. The first-order valence-corrected chi connectivity index (χ1v) is 7.85. The molecule has 0 aromatic heterocycles. The maximum atomic E-state index is 12.1. The van der Waals surface area contributed by atoms with E-state index in [1.54, 1.807) is 0 Å². The fraction of sp³-hybridized carbons (Fsp3) is 0.579. The molecule has 0 fully saturated rings. The Morgan fingerprint density at radius 1 is 0.955 bits per heavy atom. The summed E-state index contributed by atoms with van der Waals surface area (Å²) in [5.74, 6) is 0.309. The van der Waals surface area contributed by atoms with E-state index >= 15 is 0 Å². The highest BCUT2D eigenvalue weighted by atomic mass is 16.1. The summed E-state index contributed by atoms with van der Waals surface area (Å²) in [7, 11) is 0. The topological polar surface area (TPSA) is 46.2 Å². The van der Waals surface area contributed by atoms with Crippen molar-refractivity contribution < 1.29 is 9.59 Å². The Bertz CT molecular complexity index is 516. The van der Waals surface area contributed by atoms with Crippen LogP contribution in [0.15, 0.2) is 24.3 Å². The number of carbonyl (C=O) groups is 2. The number of ketones is 2. The lowest BCUT2D eigenvalue weighted by atomic mass is 9.87. The first kappa shape index (κ1) is 18.6. The van der Waals surface area contributed by atoms with E-state index in [1.807, 2.05) is 45.0 Å². The van der Waals surface area contributed by atoms with Gasteiger partial charge in [0, 0.05) is 23.9 Å². The third kappa shape index (κ3) is 7.51. The van der Waals surface area contributed by atoms with Gasteiger partial charge in [0.15, 0.2) is 11.6 Å². The number of rotatable bonds is 6. The van der Waals surface area contributed by atoms with Crippen LogP contribution in [0.2, 0.25) is 0 Å². The number of hydrogen-bond acceptors (Lipinski definition) is 3. The number of carbonyl (C=O) groups excluding carboxylic acids is 2. The normalized spacial score (nSPS) is 12.3. The summed E-state index contributed by atoms with van der Waals surface area (Å²) < 4.78 is 0. The van der Waals surface area contributed by atoms with Gasteiger partial charge in [0.25, 0.3) is 0 Å². The Morgan fingerprint density at radius 2 is 1.50 bits per heavy atom. The average molecular weight is 303 g/mol. The molecular weight excluding hydrogens is 274 g/mol. The van der Waals surface area contributed by atoms with Crippen LogP contribution in [-0.2, 0) is 11.2 Å². The molecule has 0 atom stereocenters. The van der Waals surface area contributed by atoms with Gasteiger partial charge in [-0.15, -0.1) is 0 Å². The van der Waals surface area contributed by atoms with Crippen LogP contribution in [0.5, 0.6) is 0 Å². The van der Waals surface area contributed by atoms with Crippen molar-refractivity contribution in [3.63, 3.8) is 0 Å². The predicted octanol–water partition coefficient (Wildman–Crippen LogP) is 3.81. The molecule has 0 saturated carbocycles. The first-order chi connectivity index (χ1) is 9.96. The lowest BCUT2D eigenvalue weighted by molar-refractivity contribution is -0.117. The number of benzene rings is 1. The molecule has 122 valence electrons. The second-order valence-corrected chi connectivity index (χ2v) is 8.18. The van der Waals surface area contributed by atoms with Gasteiger partial charge >= 0.3 is 0 Å². The van der Waals surface area contributed by atoms with Gasteiger partial charge in [0.1, 0.15) is 0 Å². The second kappa shape index (κ2) is 7.19. The molecule has 0 unspecified atom stereocenters. The van der Waals surface area contributed by atoms with Crippen LogP contribution in [0.1, 0.15) is 63.9 Å². The van der Waals surface area contributed by atoms with Gasteiger partial charge in [0.05, 0.1) is 6.54 Å². The van der Waals surface area contributed by atoms with E-state index in [9.17, 15) is 9.59 Å². The minimum absolute atomic E-state index is 0.00958. The van der Waals surface area contributed by atoms with Crippen molar-refractivity contribution in [3.05, 3.63) is 35.4 Å². The van der Waals surface area contributed by atoms with E-state index in [-0.39, 0.29) is 22.5 Å². The summed E-state index contributed by atoms with van der Waals surface area (Å²) in [6.07, 6.45) is 0.928. The minimum Gasteiger partial charge on any atom is -0.305 e. The number of nitrogens with one attached hydrogen (secondary N) is 1. The second-order valence-electron chi connectivity index (χ2n) is 8.18. The van der Waals surface area contributed by atoms with Gasteiger partial charge in [-0.1, -0.05) is 45.0 Å². The predicted molar refractivity (Wildman–Crippen MR) is 91.3 cm³/mol. The molecule has 3 nitrogen and oxygen atoms in total. The Morgan fingerprint density at radius 3 is 1.95 bits per heavy atom. The Balaban J connectivity index is 2.58. The summed E-state index contributed by atoms with van der Waals surface area (Å²) >= 11 is 0. The molecular formula is C19H29NO2. The van der Waals surface area contributed by atoms with Crippen molar-refractivity contribution in [2.75, 3.05) is 6.54 Å². The van der Waals surface area contributed by atoms with E-state index in [0.717, 1.165) is 11.1 Å². The van der Waals surface area contributed by atoms with Crippen LogP contribution in [0.25, 0.3) is 0 Å². The summed E-state index contributed by atoms with van der Waals surface area (Å²) in [4.78, 5) is 24.1. The van der Waals surface area contributed by atoms with Crippen LogP contribution >= 0.6 is 0 Å². The zero-order valence-corrected chi connectivity index (χ0v) is 14.7. The highest BCUT2D eigenvalue weighted by Crippen LogP contribution is 2.21. The molecule has 0 aliphatic heterocycles. The molecule has 0 saturated heterocycles. The Labute approximate surface area is 134 Å². The molecule has 1 aromatic carbocycles. The van der Waals surface area contributed by atoms with Crippen molar-refractivity contribution in [2.45, 2.75) is 59.9 Å². The smallest absolute Gasteiger partial charge is 0.163 e. The van der Waals surface area contributed by atoms with E-state index in [2.05, 4.69) is 26.1 Å². The lowest BCUT2D eigenvalue weighted by Gasteiger charge is -2.19. The molecule has 3 heteroatoms. The quantitative estimate of drug-likeness (QED) is 0.813. The standard InChI is InChI=1S/C19H29NO2/c1-18(2,3)12-17(22)15-9-7-14(8-10-15)11-16(21)13-20-19(4,5)6/h7-10,20H,11-13H2,1-6H3. The maximum absolute atomic E-state index is 12.1. The monoisotopic (exact) mass is 303 g/mol. The van der Waals surface area contributed by atoms with Crippen molar-refractivity contribution in [3.8, 4) is 0 Å². The Hall–Kier alpha value is -1.48. The van der Waals surface area contributed by atoms with Crippen LogP contribution in [-0.4, -0.2) is 23.7 Å².